The molecule has 0 amide bonds. The highest BCUT2D eigenvalue weighted by atomic mass is 32.2. The van der Waals surface area contributed by atoms with E-state index in [1.54, 1.807) is 23.5 Å². The molecule has 0 aliphatic heterocycles. The Bertz CT molecular complexity index is 506. The predicted molar refractivity (Wildman–Crippen MR) is 63.2 cm³/mol. The van der Waals surface area contributed by atoms with E-state index in [0.29, 0.717) is 0 Å². The summed E-state index contributed by atoms with van der Waals surface area (Å²) in [5, 5.41) is 2.03. The lowest BCUT2D eigenvalue weighted by molar-refractivity contribution is -0.689. The molecular formula is C9H13N4S2+. The Morgan fingerprint density at radius 1 is 1.33 bits per heavy atom. The summed E-state index contributed by atoms with van der Waals surface area (Å²) in [6.45, 7) is 0. The molecule has 0 saturated heterocycles. The molecule has 0 spiro atoms. The monoisotopic (exact) mass is 241 g/mol. The normalized spacial score (nSPS) is 11.2. The quantitative estimate of drug-likeness (QED) is 0.343. The standard InChI is InChI=1S/C9H13N4S2/c1-12-5-10-7-6(12)8(14-3)11-9(15-4)13(7)2/h5H,1-4H3/q+1. The van der Waals surface area contributed by atoms with Crippen LogP contribution in [0.5, 0.6) is 0 Å². The maximum absolute atomic E-state index is 4.60. The van der Waals surface area contributed by atoms with Crippen molar-refractivity contribution in [3.8, 4) is 0 Å². The van der Waals surface area contributed by atoms with Crippen molar-refractivity contribution in [3.05, 3.63) is 6.33 Å². The van der Waals surface area contributed by atoms with Crippen molar-refractivity contribution < 1.29 is 4.57 Å². The molecule has 2 rings (SSSR count). The fourth-order valence-electron chi connectivity index (χ4n) is 1.54. The Balaban J connectivity index is 2.86. The molecule has 0 aromatic carbocycles. The van der Waals surface area contributed by atoms with Gasteiger partial charge in [0.25, 0.3) is 10.8 Å². The first-order valence-electron chi connectivity index (χ1n) is 4.48. The van der Waals surface area contributed by atoms with Crippen LogP contribution in [0.15, 0.2) is 16.5 Å². The number of rotatable bonds is 2. The predicted octanol–water partition coefficient (Wildman–Crippen LogP) is 1.24. The summed E-state index contributed by atoms with van der Waals surface area (Å²) in [4.78, 5) is 8.99. The molecule has 0 bridgehead atoms. The van der Waals surface area contributed by atoms with Gasteiger partial charge in [-0.2, -0.15) is 0 Å². The van der Waals surface area contributed by atoms with Crippen LogP contribution in [0.25, 0.3) is 11.2 Å². The molecule has 0 atom stereocenters. The topological polar surface area (TPSA) is 34.6 Å². The van der Waals surface area contributed by atoms with Crippen LogP contribution < -0.4 is 4.57 Å². The number of nitrogens with zero attached hydrogens (tertiary/aromatic N) is 4. The van der Waals surface area contributed by atoms with Crippen molar-refractivity contribution >= 4 is 34.7 Å². The summed E-state index contributed by atoms with van der Waals surface area (Å²) in [5.41, 5.74) is 2.09. The molecule has 0 saturated carbocycles. The second kappa shape index (κ2) is 4.02. The summed E-state index contributed by atoms with van der Waals surface area (Å²) in [6, 6.07) is 0. The number of imidazole rings is 1. The SMILES string of the molecule is CSc1nc(SC)[n+](C)c2ncn(C)c12. The zero-order chi connectivity index (χ0) is 11.0. The van der Waals surface area contributed by atoms with Crippen molar-refractivity contribution in [2.24, 2.45) is 14.1 Å². The second-order valence-corrected chi connectivity index (χ2v) is 4.76. The number of hydrogen-bond acceptors (Lipinski definition) is 4. The van der Waals surface area contributed by atoms with Crippen molar-refractivity contribution in [1.29, 1.82) is 0 Å². The molecule has 0 N–H and O–H groups in total. The molecule has 4 nitrogen and oxygen atoms in total. The Hall–Kier alpha value is -0.750. The van der Waals surface area contributed by atoms with Gasteiger partial charge in [-0.3, -0.25) is 0 Å². The van der Waals surface area contributed by atoms with Gasteiger partial charge in [0, 0.05) is 7.05 Å². The Kier molecular flexibility index (Phi) is 2.88. The van der Waals surface area contributed by atoms with Crippen LogP contribution in [0.3, 0.4) is 0 Å². The van der Waals surface area contributed by atoms with E-state index in [1.165, 1.54) is 0 Å². The minimum absolute atomic E-state index is 0.987. The number of aryl methyl sites for hydroxylation is 2. The Morgan fingerprint density at radius 2 is 2.07 bits per heavy atom. The van der Waals surface area contributed by atoms with Gasteiger partial charge in [-0.05, 0) is 12.5 Å². The summed E-state index contributed by atoms with van der Waals surface area (Å²) in [7, 11) is 3.99. The van der Waals surface area contributed by atoms with Crippen LogP contribution in [-0.2, 0) is 14.1 Å². The van der Waals surface area contributed by atoms with Crippen molar-refractivity contribution in [2.45, 2.75) is 10.2 Å². The molecule has 2 heterocycles. The van der Waals surface area contributed by atoms with Gasteiger partial charge in [0.05, 0.1) is 7.05 Å². The summed E-state index contributed by atoms with van der Waals surface area (Å²) >= 11 is 3.30. The van der Waals surface area contributed by atoms with Gasteiger partial charge >= 0.3 is 0 Å². The summed E-state index contributed by atoms with van der Waals surface area (Å²) in [6.07, 6.45) is 5.90. The van der Waals surface area contributed by atoms with E-state index in [2.05, 4.69) is 9.97 Å². The molecule has 2 aromatic heterocycles. The van der Waals surface area contributed by atoms with Gasteiger partial charge < -0.3 is 4.57 Å². The molecule has 80 valence electrons. The fourth-order valence-corrected chi connectivity index (χ4v) is 2.75. The molecular weight excluding hydrogens is 228 g/mol. The van der Waals surface area contributed by atoms with Gasteiger partial charge in [0.15, 0.2) is 11.8 Å². The highest BCUT2D eigenvalue weighted by Gasteiger charge is 2.20. The third kappa shape index (κ3) is 1.61. The molecule has 0 aliphatic rings. The van der Waals surface area contributed by atoms with Gasteiger partial charge in [0.1, 0.15) is 0 Å². The maximum atomic E-state index is 4.60. The van der Waals surface area contributed by atoms with Gasteiger partial charge in [-0.25, -0.2) is 4.57 Å². The van der Waals surface area contributed by atoms with E-state index in [4.69, 9.17) is 0 Å². The molecule has 0 radical (unpaired) electrons. The van der Waals surface area contributed by atoms with Gasteiger partial charge in [-0.15, -0.1) is 0 Å². The first kappa shape index (κ1) is 10.8. The van der Waals surface area contributed by atoms with E-state index < -0.39 is 0 Å². The Morgan fingerprint density at radius 3 is 2.67 bits per heavy atom. The van der Waals surface area contributed by atoms with Crippen LogP contribution in [0.1, 0.15) is 0 Å². The van der Waals surface area contributed by atoms with E-state index in [1.807, 2.05) is 42.1 Å². The molecule has 2 aromatic rings. The third-order valence-corrected chi connectivity index (χ3v) is 3.70. The molecule has 0 aliphatic carbocycles. The lowest BCUT2D eigenvalue weighted by Gasteiger charge is -2.01. The van der Waals surface area contributed by atoms with Crippen molar-refractivity contribution in [1.82, 2.24) is 14.5 Å². The summed E-state index contributed by atoms with van der Waals surface area (Å²) in [5.74, 6) is 0. The van der Waals surface area contributed by atoms with E-state index in [-0.39, 0.29) is 0 Å². The largest absolute Gasteiger partial charge is 0.313 e. The van der Waals surface area contributed by atoms with Gasteiger partial charge in [-0.1, -0.05) is 33.5 Å². The van der Waals surface area contributed by atoms with Crippen LogP contribution in [-0.4, -0.2) is 27.0 Å². The number of aromatic nitrogens is 4. The first-order chi connectivity index (χ1) is 7.19. The highest BCUT2D eigenvalue weighted by molar-refractivity contribution is 7.99. The fraction of sp³-hybridized carbons (Fsp3) is 0.444. The van der Waals surface area contributed by atoms with E-state index >= 15 is 0 Å². The minimum Gasteiger partial charge on any atom is -0.313 e. The average Bonchev–Trinajstić information content (AvgIpc) is 2.63. The van der Waals surface area contributed by atoms with E-state index in [9.17, 15) is 0 Å². The van der Waals surface area contributed by atoms with Crippen LogP contribution in [0.2, 0.25) is 0 Å². The zero-order valence-electron chi connectivity index (χ0n) is 9.18. The number of hydrogen-bond donors (Lipinski definition) is 0. The lowest BCUT2D eigenvalue weighted by atomic mass is 10.5. The van der Waals surface area contributed by atoms with Crippen molar-refractivity contribution in [2.75, 3.05) is 12.5 Å². The third-order valence-electron chi connectivity index (χ3n) is 2.30. The van der Waals surface area contributed by atoms with Crippen molar-refractivity contribution in [3.63, 3.8) is 0 Å². The second-order valence-electron chi connectivity index (χ2n) is 3.19. The Labute approximate surface area is 97.1 Å². The number of fused-ring (bicyclic) bond motifs is 1. The first-order valence-corrected chi connectivity index (χ1v) is 6.93. The maximum Gasteiger partial charge on any atom is 0.299 e. The highest BCUT2D eigenvalue weighted by Crippen LogP contribution is 2.23. The average molecular weight is 241 g/mol. The number of thioether (sulfide) groups is 2. The van der Waals surface area contributed by atoms with Crippen LogP contribution in [0, 0.1) is 0 Å². The van der Waals surface area contributed by atoms with Crippen LogP contribution in [0.4, 0.5) is 0 Å². The van der Waals surface area contributed by atoms with Crippen LogP contribution >= 0.6 is 23.5 Å². The smallest absolute Gasteiger partial charge is 0.299 e. The zero-order valence-corrected chi connectivity index (χ0v) is 10.8. The van der Waals surface area contributed by atoms with Gasteiger partial charge in [0.2, 0.25) is 5.03 Å². The molecule has 0 fully saturated rings. The van der Waals surface area contributed by atoms with E-state index in [0.717, 1.165) is 21.3 Å². The molecule has 6 heteroatoms. The molecule has 0 unspecified atom stereocenters. The minimum atomic E-state index is 0.987. The lowest BCUT2D eigenvalue weighted by Crippen LogP contribution is -2.33. The summed E-state index contributed by atoms with van der Waals surface area (Å²) < 4.78 is 4.04. The molecule has 15 heavy (non-hydrogen) atoms.